The molecule has 0 saturated heterocycles. The second kappa shape index (κ2) is 5.28. The lowest BCUT2D eigenvalue weighted by Crippen LogP contribution is -2.51. The van der Waals surface area contributed by atoms with Crippen LogP contribution in [0.25, 0.3) is 0 Å². The molecular weight excluding hydrogens is 296 g/mol. The molecule has 0 bridgehead atoms. The number of carbonyl (C=O) groups is 1. The van der Waals surface area contributed by atoms with E-state index in [4.69, 9.17) is 5.73 Å². The molecule has 4 N–H and O–H groups in total. The highest BCUT2D eigenvalue weighted by Crippen LogP contribution is 2.30. The lowest BCUT2D eigenvalue weighted by molar-refractivity contribution is 0.0900. The zero-order chi connectivity index (χ0) is 13.2. The Morgan fingerprint density at radius 3 is 2.67 bits per heavy atom. The zero-order valence-corrected chi connectivity index (χ0v) is 11.7. The van der Waals surface area contributed by atoms with E-state index in [1.165, 1.54) is 6.07 Å². The Hall–Kier alpha value is -1.07. The Labute approximate surface area is 115 Å². The molecule has 1 aromatic rings. The van der Waals surface area contributed by atoms with Crippen LogP contribution in [-0.2, 0) is 0 Å². The van der Waals surface area contributed by atoms with Gasteiger partial charge in [-0.2, -0.15) is 0 Å². The van der Waals surface area contributed by atoms with Gasteiger partial charge in [0.25, 0.3) is 5.91 Å². The average molecular weight is 313 g/mol. The van der Waals surface area contributed by atoms with Gasteiger partial charge in [0, 0.05) is 11.0 Å². The van der Waals surface area contributed by atoms with E-state index in [1.807, 2.05) is 0 Å². The summed E-state index contributed by atoms with van der Waals surface area (Å²) in [7, 11) is 0. The van der Waals surface area contributed by atoms with E-state index in [1.54, 1.807) is 12.1 Å². The minimum atomic E-state index is -0.295. The fourth-order valence-electron chi connectivity index (χ4n) is 2.44. The first-order chi connectivity index (χ1) is 8.56. The maximum atomic E-state index is 12.2. The van der Waals surface area contributed by atoms with E-state index in [2.05, 4.69) is 21.2 Å². The van der Waals surface area contributed by atoms with Crippen LogP contribution in [0.5, 0.6) is 5.75 Å². The van der Waals surface area contributed by atoms with E-state index >= 15 is 0 Å². The molecule has 4 nitrogen and oxygen atoms in total. The van der Waals surface area contributed by atoms with Crippen molar-refractivity contribution in [3.8, 4) is 5.75 Å². The summed E-state index contributed by atoms with van der Waals surface area (Å²) in [6, 6.07) is 4.85. The summed E-state index contributed by atoms with van der Waals surface area (Å²) in [4.78, 5) is 12.2. The van der Waals surface area contributed by atoms with Crippen LogP contribution in [0.2, 0.25) is 0 Å². The smallest absolute Gasteiger partial charge is 0.255 e. The van der Waals surface area contributed by atoms with Crippen LogP contribution in [0, 0.1) is 0 Å². The number of hydrogen-bond acceptors (Lipinski definition) is 3. The minimum Gasteiger partial charge on any atom is -0.507 e. The van der Waals surface area contributed by atoms with Gasteiger partial charge in [-0.25, -0.2) is 0 Å². The van der Waals surface area contributed by atoms with Crippen molar-refractivity contribution in [3.63, 3.8) is 0 Å². The number of hydrogen-bond donors (Lipinski definition) is 3. The quantitative estimate of drug-likeness (QED) is 0.800. The topological polar surface area (TPSA) is 75.3 Å². The number of rotatable bonds is 3. The Bertz CT molecular complexity index is 456. The minimum absolute atomic E-state index is 0.0213. The molecule has 0 spiro atoms. The molecule has 1 aliphatic carbocycles. The summed E-state index contributed by atoms with van der Waals surface area (Å²) in [5, 5.41) is 12.7. The van der Waals surface area contributed by atoms with Gasteiger partial charge in [-0.1, -0.05) is 28.8 Å². The van der Waals surface area contributed by atoms with Gasteiger partial charge in [0.2, 0.25) is 0 Å². The number of benzene rings is 1. The highest BCUT2D eigenvalue weighted by molar-refractivity contribution is 9.10. The van der Waals surface area contributed by atoms with Crippen molar-refractivity contribution in [2.45, 2.75) is 31.2 Å². The van der Waals surface area contributed by atoms with Crippen molar-refractivity contribution in [1.29, 1.82) is 0 Å². The SMILES string of the molecule is NCC1(NC(=O)c2ccc(Br)cc2O)CCCC1. The van der Waals surface area contributed by atoms with Crippen LogP contribution < -0.4 is 11.1 Å². The van der Waals surface area contributed by atoms with Crippen molar-refractivity contribution in [2.75, 3.05) is 6.54 Å². The Morgan fingerprint density at radius 2 is 2.11 bits per heavy atom. The predicted octanol–water partition coefficient (Wildman–Crippen LogP) is 2.16. The molecule has 0 atom stereocenters. The maximum absolute atomic E-state index is 12.2. The number of amides is 1. The lowest BCUT2D eigenvalue weighted by Gasteiger charge is -2.28. The molecule has 18 heavy (non-hydrogen) atoms. The highest BCUT2D eigenvalue weighted by atomic mass is 79.9. The molecule has 2 rings (SSSR count). The first-order valence-corrected chi connectivity index (χ1v) is 6.87. The summed E-state index contributed by atoms with van der Waals surface area (Å²) >= 11 is 3.25. The second-order valence-electron chi connectivity index (χ2n) is 4.81. The molecule has 1 saturated carbocycles. The number of halogens is 1. The number of nitrogens with one attached hydrogen (secondary N) is 1. The fraction of sp³-hybridized carbons (Fsp3) is 0.462. The van der Waals surface area contributed by atoms with E-state index in [-0.39, 0.29) is 22.8 Å². The van der Waals surface area contributed by atoms with Crippen LogP contribution in [0.1, 0.15) is 36.0 Å². The largest absolute Gasteiger partial charge is 0.507 e. The van der Waals surface area contributed by atoms with E-state index in [0.29, 0.717) is 6.54 Å². The van der Waals surface area contributed by atoms with Gasteiger partial charge >= 0.3 is 0 Å². The first kappa shape index (κ1) is 13.4. The van der Waals surface area contributed by atoms with Crippen LogP contribution in [0.3, 0.4) is 0 Å². The molecule has 0 aromatic heterocycles. The molecule has 0 unspecified atom stereocenters. The van der Waals surface area contributed by atoms with E-state index in [0.717, 1.165) is 30.2 Å². The molecule has 1 amide bonds. The molecule has 5 heteroatoms. The lowest BCUT2D eigenvalue weighted by atomic mass is 9.97. The molecule has 1 fully saturated rings. The number of carbonyl (C=O) groups excluding carboxylic acids is 1. The number of phenols is 1. The van der Waals surface area contributed by atoms with E-state index in [9.17, 15) is 9.90 Å². The van der Waals surface area contributed by atoms with E-state index < -0.39 is 0 Å². The molecular formula is C13H17BrN2O2. The van der Waals surface area contributed by atoms with Gasteiger partial charge < -0.3 is 16.2 Å². The number of aromatic hydroxyl groups is 1. The average Bonchev–Trinajstić information content (AvgIpc) is 2.78. The van der Waals surface area contributed by atoms with Gasteiger partial charge in [0.1, 0.15) is 5.75 Å². The van der Waals surface area contributed by atoms with Crippen LogP contribution in [0.4, 0.5) is 0 Å². The summed E-state index contributed by atoms with van der Waals surface area (Å²) < 4.78 is 0.742. The van der Waals surface area contributed by atoms with Crippen molar-refractivity contribution in [2.24, 2.45) is 5.73 Å². The summed E-state index contributed by atoms with van der Waals surface area (Å²) in [5.74, 6) is -0.278. The Kier molecular flexibility index (Phi) is 3.92. The summed E-state index contributed by atoms with van der Waals surface area (Å²) in [5.41, 5.74) is 5.77. The third-order valence-corrected chi connectivity index (χ3v) is 4.03. The van der Waals surface area contributed by atoms with Gasteiger partial charge in [-0.3, -0.25) is 4.79 Å². The van der Waals surface area contributed by atoms with Gasteiger partial charge in [-0.15, -0.1) is 0 Å². The predicted molar refractivity (Wildman–Crippen MR) is 73.5 cm³/mol. The van der Waals surface area contributed by atoms with Crippen LogP contribution in [0.15, 0.2) is 22.7 Å². The van der Waals surface area contributed by atoms with Gasteiger partial charge in [-0.05, 0) is 31.0 Å². The van der Waals surface area contributed by atoms with Crippen molar-refractivity contribution in [1.82, 2.24) is 5.32 Å². The maximum Gasteiger partial charge on any atom is 0.255 e. The van der Waals surface area contributed by atoms with Crippen molar-refractivity contribution in [3.05, 3.63) is 28.2 Å². The normalized spacial score (nSPS) is 17.7. The molecule has 0 aliphatic heterocycles. The molecule has 98 valence electrons. The molecule has 1 aliphatic rings. The second-order valence-corrected chi connectivity index (χ2v) is 5.72. The van der Waals surface area contributed by atoms with Gasteiger partial charge in [0.05, 0.1) is 11.1 Å². The molecule has 1 aromatic carbocycles. The standard InChI is InChI=1S/C13H17BrN2O2/c14-9-3-4-10(11(17)7-9)12(18)16-13(8-15)5-1-2-6-13/h3-4,7,17H,1-2,5-6,8,15H2,(H,16,18). The first-order valence-electron chi connectivity index (χ1n) is 6.07. The third-order valence-electron chi connectivity index (χ3n) is 3.53. The van der Waals surface area contributed by atoms with Crippen LogP contribution >= 0.6 is 15.9 Å². The highest BCUT2D eigenvalue weighted by Gasteiger charge is 2.34. The van der Waals surface area contributed by atoms with Crippen molar-refractivity contribution < 1.29 is 9.90 Å². The number of nitrogens with two attached hydrogens (primary N) is 1. The molecule has 0 heterocycles. The van der Waals surface area contributed by atoms with Crippen LogP contribution in [-0.4, -0.2) is 23.1 Å². The zero-order valence-electron chi connectivity index (χ0n) is 10.1. The van der Waals surface area contributed by atoms with Crippen molar-refractivity contribution >= 4 is 21.8 Å². The Morgan fingerprint density at radius 1 is 1.44 bits per heavy atom. The van der Waals surface area contributed by atoms with Gasteiger partial charge in [0.15, 0.2) is 0 Å². The Balaban J connectivity index is 2.16. The molecule has 0 radical (unpaired) electrons. The summed E-state index contributed by atoms with van der Waals surface area (Å²) in [6.45, 7) is 0.441. The number of phenolic OH excluding ortho intramolecular Hbond substituents is 1. The third kappa shape index (κ3) is 2.67. The monoisotopic (exact) mass is 312 g/mol. The fourth-order valence-corrected chi connectivity index (χ4v) is 2.79. The summed E-state index contributed by atoms with van der Waals surface area (Å²) in [6.07, 6.45) is 3.99.